The van der Waals surface area contributed by atoms with E-state index in [1.807, 2.05) is 69.2 Å². The van der Waals surface area contributed by atoms with E-state index in [4.69, 9.17) is 9.47 Å². The van der Waals surface area contributed by atoms with Gasteiger partial charge in [0.05, 0.1) is 31.9 Å². The molecular formula is C51H84N12O11. The molecule has 0 aliphatic rings. The minimum Gasteiger partial charge on any atom is -0.477 e. The standard InChI is InChI=1S/C18H30N4O4.C17H28N4O3.C16H26N4O4/c1-13(2)15(23)12-22(10-9-19-14(3)4)18(25)6-5-11-26-17-8-7-16(24)20-21-17;1-12(2)15(22)11-21(10-9-18-13(3)4)17(24)8-6-14-5-7-16(23)20-19-14;1-11(2)13(21)9-20(8-7-17-12(3)4)16(23)10-24-15-6-5-14(22)18-19-15/h7-8,13-14,19H,5-6,9-12H2,1-4H3,(H,20,24);5,7,12-13,18H,6,8-11H2,1-4H3,(H,20,23);5-6,11-12,17H,7-10H2,1-4H3,(H,18,22). The monoisotopic (exact) mass is 1040 g/mol. The van der Waals surface area contributed by atoms with E-state index in [-0.39, 0.29) is 114 Å². The molecule has 0 aliphatic heterocycles. The van der Waals surface area contributed by atoms with Crippen LogP contribution in [0.1, 0.15) is 108 Å². The van der Waals surface area contributed by atoms with E-state index in [0.717, 1.165) is 0 Å². The maximum Gasteiger partial charge on any atom is 0.264 e. The van der Waals surface area contributed by atoms with Crippen molar-refractivity contribution in [3.63, 3.8) is 0 Å². The molecule has 0 radical (unpaired) electrons. The number of aromatic nitrogens is 6. The fourth-order valence-corrected chi connectivity index (χ4v) is 5.97. The van der Waals surface area contributed by atoms with E-state index in [9.17, 15) is 43.2 Å². The van der Waals surface area contributed by atoms with Crippen molar-refractivity contribution in [2.45, 2.75) is 127 Å². The molecule has 23 nitrogen and oxygen atoms in total. The SMILES string of the molecule is CC(C)NCCN(CC(=O)C(C)C)C(=O)CCCOc1ccc(=O)[nH]n1.CC(C)NCCN(CC(=O)C(C)C)C(=O)CCc1ccc(=O)[nH]n1.CC(C)NCCN(CC(=O)C(C)C)C(=O)COc1ccc(=O)[nH]n1. The first-order chi connectivity index (χ1) is 34.9. The van der Waals surface area contributed by atoms with E-state index in [1.165, 1.54) is 35.2 Å². The molecule has 0 aliphatic carbocycles. The van der Waals surface area contributed by atoms with Crippen LogP contribution in [-0.4, -0.2) is 171 Å². The van der Waals surface area contributed by atoms with E-state index < -0.39 is 0 Å². The Labute approximate surface area is 435 Å². The van der Waals surface area contributed by atoms with E-state index >= 15 is 0 Å². The lowest BCUT2D eigenvalue weighted by atomic mass is 10.1. The molecule has 0 unspecified atom stereocenters. The molecule has 23 heteroatoms. The largest absolute Gasteiger partial charge is 0.477 e. The van der Waals surface area contributed by atoms with E-state index in [0.29, 0.717) is 88.4 Å². The van der Waals surface area contributed by atoms with Crippen LogP contribution >= 0.6 is 0 Å². The van der Waals surface area contributed by atoms with Gasteiger partial charge in [-0.3, -0.25) is 43.2 Å². The fraction of sp³-hybridized carbons (Fsp3) is 0.647. The summed E-state index contributed by atoms with van der Waals surface area (Å²) in [5.41, 5.74) is -0.266. The number of carbonyl (C=O) groups excluding carboxylic acids is 6. The number of hydrogen-bond acceptors (Lipinski definition) is 17. The maximum absolute atomic E-state index is 12.5. The molecule has 3 amide bonds. The number of H-pyrrole nitrogens is 3. The number of aryl methyl sites for hydroxylation is 1. The minimum atomic E-state index is -0.349. The van der Waals surface area contributed by atoms with Crippen molar-refractivity contribution >= 4 is 35.1 Å². The molecule has 6 N–H and O–H groups in total. The van der Waals surface area contributed by atoms with Gasteiger partial charge < -0.3 is 40.1 Å². The molecule has 3 rings (SSSR count). The molecule has 0 saturated heterocycles. The van der Waals surface area contributed by atoms with Gasteiger partial charge in [-0.05, 0) is 12.5 Å². The number of hydrogen-bond donors (Lipinski definition) is 6. The lowest BCUT2D eigenvalue weighted by Crippen LogP contribution is -2.44. The second-order valence-corrected chi connectivity index (χ2v) is 19.3. The van der Waals surface area contributed by atoms with Gasteiger partial charge >= 0.3 is 0 Å². The summed E-state index contributed by atoms with van der Waals surface area (Å²) in [6, 6.07) is 9.40. The Hall–Kier alpha value is -6.46. The van der Waals surface area contributed by atoms with Crippen LogP contribution < -0.4 is 42.1 Å². The predicted octanol–water partition coefficient (Wildman–Crippen LogP) is 1.94. The quantitative estimate of drug-likeness (QED) is 0.0487. The zero-order valence-electron chi connectivity index (χ0n) is 45.7. The molecular weight excluding hydrogens is 957 g/mol. The Morgan fingerprint density at radius 1 is 0.486 bits per heavy atom. The first-order valence-corrected chi connectivity index (χ1v) is 25.4. The first kappa shape index (κ1) is 65.6. The Balaban J connectivity index is 0.000000556. The lowest BCUT2D eigenvalue weighted by molar-refractivity contribution is -0.138. The van der Waals surface area contributed by atoms with Crippen LogP contribution in [0.15, 0.2) is 50.8 Å². The van der Waals surface area contributed by atoms with Crippen LogP contribution in [0, 0.1) is 17.8 Å². The molecule has 414 valence electrons. The Bertz CT molecular complexity index is 2160. The van der Waals surface area contributed by atoms with Crippen LogP contribution in [0.2, 0.25) is 0 Å². The van der Waals surface area contributed by atoms with Crippen LogP contribution in [0.5, 0.6) is 11.8 Å². The first-order valence-electron chi connectivity index (χ1n) is 25.4. The summed E-state index contributed by atoms with van der Waals surface area (Å²) in [6.07, 6.45) is 1.48. The number of rotatable bonds is 32. The summed E-state index contributed by atoms with van der Waals surface area (Å²) >= 11 is 0. The normalized spacial score (nSPS) is 11.0. The van der Waals surface area contributed by atoms with Gasteiger partial charge in [0.2, 0.25) is 23.6 Å². The number of Topliss-reactive ketones (excluding diaryl/α,β-unsaturated/α-hetero) is 3. The van der Waals surface area contributed by atoms with Gasteiger partial charge in [-0.25, -0.2) is 15.3 Å². The van der Waals surface area contributed by atoms with Crippen molar-refractivity contribution in [2.75, 3.05) is 72.1 Å². The molecule has 3 heterocycles. The molecule has 3 aromatic rings. The summed E-state index contributed by atoms with van der Waals surface area (Å²) < 4.78 is 10.7. The number of nitrogens with zero attached hydrogens (tertiary/aromatic N) is 6. The van der Waals surface area contributed by atoms with Crippen molar-refractivity contribution in [1.29, 1.82) is 0 Å². The van der Waals surface area contributed by atoms with E-state index in [2.05, 4.69) is 46.5 Å². The van der Waals surface area contributed by atoms with Crippen molar-refractivity contribution in [2.24, 2.45) is 17.8 Å². The lowest BCUT2D eigenvalue weighted by Gasteiger charge is -2.24. The number of nitrogens with one attached hydrogen (secondary N) is 6. The maximum atomic E-state index is 12.5. The Morgan fingerprint density at radius 3 is 1.20 bits per heavy atom. The number of amides is 3. The summed E-state index contributed by atoms with van der Waals surface area (Å²) in [5, 5.41) is 27.9. The molecule has 74 heavy (non-hydrogen) atoms. The zero-order valence-corrected chi connectivity index (χ0v) is 45.7. The van der Waals surface area contributed by atoms with Gasteiger partial charge in [0.1, 0.15) is 0 Å². The predicted molar refractivity (Wildman–Crippen MR) is 282 cm³/mol. The molecule has 0 bridgehead atoms. The van der Waals surface area contributed by atoms with Gasteiger partial charge in [-0.15, -0.1) is 10.2 Å². The second kappa shape index (κ2) is 36.5. The Kier molecular flexibility index (Phi) is 32.3. The number of carbonyl (C=O) groups is 6. The summed E-state index contributed by atoms with van der Waals surface area (Å²) in [7, 11) is 0. The van der Waals surface area contributed by atoms with Crippen molar-refractivity contribution in [1.82, 2.24) is 61.2 Å². The van der Waals surface area contributed by atoms with Crippen LogP contribution in [0.3, 0.4) is 0 Å². The highest BCUT2D eigenvalue weighted by Crippen LogP contribution is 2.08. The summed E-state index contributed by atoms with van der Waals surface area (Å²) in [5.74, 6) is -0.227. The van der Waals surface area contributed by atoms with Gasteiger partial charge in [-0.1, -0.05) is 83.1 Å². The zero-order chi connectivity index (χ0) is 55.8. The van der Waals surface area contributed by atoms with Crippen molar-refractivity contribution < 1.29 is 38.2 Å². The van der Waals surface area contributed by atoms with E-state index in [1.54, 1.807) is 29.7 Å². The van der Waals surface area contributed by atoms with Gasteiger partial charge in [0.25, 0.3) is 22.6 Å². The molecule has 0 spiro atoms. The van der Waals surface area contributed by atoms with Gasteiger partial charge in [-0.2, -0.15) is 5.10 Å². The number of ether oxygens (including phenoxy) is 2. The van der Waals surface area contributed by atoms with Crippen LogP contribution in [-0.2, 0) is 35.2 Å². The summed E-state index contributed by atoms with van der Waals surface area (Å²) in [4.78, 5) is 111. The average Bonchev–Trinajstić information content (AvgIpc) is 3.34. The molecule has 0 fully saturated rings. The highest BCUT2D eigenvalue weighted by atomic mass is 16.5. The van der Waals surface area contributed by atoms with Gasteiger partial charge in [0, 0.05) is 125 Å². The molecule has 0 aromatic carbocycles. The molecule has 0 saturated carbocycles. The fourth-order valence-electron chi connectivity index (χ4n) is 5.97. The smallest absolute Gasteiger partial charge is 0.264 e. The highest BCUT2D eigenvalue weighted by molar-refractivity contribution is 5.88. The van der Waals surface area contributed by atoms with Gasteiger partial charge in [0.15, 0.2) is 24.0 Å². The Morgan fingerprint density at radius 2 is 0.851 bits per heavy atom. The number of aromatic amines is 3. The summed E-state index contributed by atoms with van der Waals surface area (Å²) in [6.45, 7) is 26.8. The van der Waals surface area contributed by atoms with Crippen molar-refractivity contribution in [3.05, 3.63) is 73.2 Å². The second-order valence-electron chi connectivity index (χ2n) is 19.3. The third-order valence-electron chi connectivity index (χ3n) is 10.6. The van der Waals surface area contributed by atoms with Crippen molar-refractivity contribution in [3.8, 4) is 11.8 Å². The third-order valence-corrected chi connectivity index (χ3v) is 10.6. The van der Waals surface area contributed by atoms with Crippen LogP contribution in [0.25, 0.3) is 0 Å². The average molecular weight is 1040 g/mol. The minimum absolute atomic E-state index is 0.00457. The van der Waals surface area contributed by atoms with Crippen LogP contribution in [0.4, 0.5) is 0 Å². The number of ketones is 3. The molecule has 3 aromatic heterocycles. The topological polar surface area (TPSA) is 304 Å². The molecule has 0 atom stereocenters. The third kappa shape index (κ3) is 30.5. The highest BCUT2D eigenvalue weighted by Gasteiger charge is 2.22.